The zero-order valence-electron chi connectivity index (χ0n) is 13.7. The summed E-state index contributed by atoms with van der Waals surface area (Å²) >= 11 is 0. The van der Waals surface area contributed by atoms with Crippen molar-refractivity contribution >= 4 is 17.5 Å². The van der Waals surface area contributed by atoms with Crippen LogP contribution in [-0.2, 0) is 0 Å². The molecule has 0 fully saturated rings. The molecule has 2 N–H and O–H groups in total. The lowest BCUT2D eigenvalue weighted by molar-refractivity contribution is 0.425. The summed E-state index contributed by atoms with van der Waals surface area (Å²) in [4.78, 5) is 6.55. The number of hydrogen-bond acceptors (Lipinski definition) is 6. The van der Waals surface area contributed by atoms with Gasteiger partial charge in [-0.1, -0.05) is 32.0 Å². The Bertz CT molecular complexity index is 597. The van der Waals surface area contributed by atoms with Gasteiger partial charge in [-0.05, 0) is 31.6 Å². The molecule has 1 heterocycles. The van der Waals surface area contributed by atoms with Crippen LogP contribution in [0.4, 0.5) is 17.5 Å². The summed E-state index contributed by atoms with van der Waals surface area (Å²) in [6.45, 7) is 6.04. The predicted molar refractivity (Wildman–Crippen MR) is 90.7 cm³/mol. The highest BCUT2D eigenvalue weighted by atomic mass is 15.3. The lowest BCUT2D eigenvalue weighted by Gasteiger charge is -2.14. The van der Waals surface area contributed by atoms with Crippen LogP contribution in [0.25, 0.3) is 0 Å². The van der Waals surface area contributed by atoms with Gasteiger partial charge in [0.05, 0.1) is 6.20 Å². The molecule has 0 aliphatic rings. The molecule has 6 nitrogen and oxygen atoms in total. The zero-order chi connectivity index (χ0) is 15.9. The molecule has 0 saturated carbocycles. The first-order valence-corrected chi connectivity index (χ1v) is 7.50. The van der Waals surface area contributed by atoms with Crippen LogP contribution in [-0.4, -0.2) is 47.3 Å². The number of hydrogen-bond donors (Lipinski definition) is 2. The van der Waals surface area contributed by atoms with Gasteiger partial charge in [-0.25, -0.2) is 0 Å². The molecule has 0 atom stereocenters. The minimum Gasteiger partial charge on any atom is -0.352 e. The van der Waals surface area contributed by atoms with Gasteiger partial charge in [-0.15, -0.1) is 5.10 Å². The second kappa shape index (κ2) is 7.70. The first-order chi connectivity index (χ1) is 10.6. The molecule has 1 aromatic heterocycles. The van der Waals surface area contributed by atoms with Crippen molar-refractivity contribution in [2.45, 2.75) is 19.8 Å². The van der Waals surface area contributed by atoms with Gasteiger partial charge < -0.3 is 15.5 Å². The molecule has 0 bridgehead atoms. The lowest BCUT2D eigenvalue weighted by Crippen LogP contribution is -2.21. The number of rotatable bonds is 7. The first kappa shape index (κ1) is 16.2. The van der Waals surface area contributed by atoms with Crippen LogP contribution in [0.15, 0.2) is 30.5 Å². The molecule has 118 valence electrons. The summed E-state index contributed by atoms with van der Waals surface area (Å²) in [6.07, 6.45) is 1.63. The number of nitrogens with one attached hydrogen (secondary N) is 2. The van der Waals surface area contributed by atoms with Crippen LogP contribution in [0.5, 0.6) is 0 Å². The van der Waals surface area contributed by atoms with Crippen molar-refractivity contribution in [1.82, 2.24) is 20.1 Å². The maximum absolute atomic E-state index is 4.45. The number of anilines is 3. The van der Waals surface area contributed by atoms with Gasteiger partial charge in [0.15, 0.2) is 5.82 Å². The van der Waals surface area contributed by atoms with E-state index in [1.165, 1.54) is 5.56 Å². The molecule has 0 amide bonds. The average molecular weight is 300 g/mol. The van der Waals surface area contributed by atoms with E-state index < -0.39 is 0 Å². The van der Waals surface area contributed by atoms with Crippen LogP contribution in [0.2, 0.25) is 0 Å². The van der Waals surface area contributed by atoms with Gasteiger partial charge in [-0.3, -0.25) is 0 Å². The van der Waals surface area contributed by atoms with Gasteiger partial charge in [0, 0.05) is 18.8 Å². The average Bonchev–Trinajstić information content (AvgIpc) is 2.47. The van der Waals surface area contributed by atoms with E-state index in [0.29, 0.717) is 17.7 Å². The van der Waals surface area contributed by atoms with E-state index >= 15 is 0 Å². The number of nitrogens with zero attached hydrogens (tertiary/aromatic N) is 4. The third-order valence-electron chi connectivity index (χ3n) is 3.25. The van der Waals surface area contributed by atoms with Crippen LogP contribution >= 0.6 is 0 Å². The minimum atomic E-state index is 0.441. The molecule has 6 heteroatoms. The molecule has 2 rings (SSSR count). The molecule has 0 unspecified atom stereocenters. The largest absolute Gasteiger partial charge is 0.352 e. The second-order valence-electron chi connectivity index (χ2n) is 5.76. The molecule has 0 aliphatic carbocycles. The summed E-state index contributed by atoms with van der Waals surface area (Å²) in [7, 11) is 4.06. The van der Waals surface area contributed by atoms with Gasteiger partial charge in [-0.2, -0.15) is 10.1 Å². The Labute approximate surface area is 132 Å². The lowest BCUT2D eigenvalue weighted by atomic mass is 10.0. The molecular weight excluding hydrogens is 276 g/mol. The van der Waals surface area contributed by atoms with Crippen LogP contribution in [0.3, 0.4) is 0 Å². The smallest absolute Gasteiger partial charge is 0.244 e. The van der Waals surface area contributed by atoms with Crippen molar-refractivity contribution in [3.63, 3.8) is 0 Å². The summed E-state index contributed by atoms with van der Waals surface area (Å²) in [5.41, 5.74) is 2.31. The van der Waals surface area contributed by atoms with Crippen molar-refractivity contribution < 1.29 is 0 Å². The summed E-state index contributed by atoms with van der Waals surface area (Å²) in [5.74, 6) is 1.67. The molecule has 0 radical (unpaired) electrons. The summed E-state index contributed by atoms with van der Waals surface area (Å²) < 4.78 is 0. The van der Waals surface area contributed by atoms with Gasteiger partial charge in [0.1, 0.15) is 0 Å². The molecule has 0 saturated heterocycles. The third kappa shape index (κ3) is 4.66. The minimum absolute atomic E-state index is 0.441. The van der Waals surface area contributed by atoms with Crippen LogP contribution < -0.4 is 10.6 Å². The molecule has 1 aromatic carbocycles. The Morgan fingerprint density at radius 1 is 1.18 bits per heavy atom. The highest BCUT2D eigenvalue weighted by Crippen LogP contribution is 2.25. The molecule has 22 heavy (non-hydrogen) atoms. The molecular formula is C16H24N6. The first-order valence-electron chi connectivity index (χ1n) is 7.50. The van der Waals surface area contributed by atoms with Gasteiger partial charge in [0.2, 0.25) is 5.95 Å². The Kier molecular flexibility index (Phi) is 5.66. The highest BCUT2D eigenvalue weighted by molar-refractivity contribution is 5.61. The van der Waals surface area contributed by atoms with Crippen molar-refractivity contribution in [3.8, 4) is 0 Å². The third-order valence-corrected chi connectivity index (χ3v) is 3.25. The Balaban J connectivity index is 2.07. The highest BCUT2D eigenvalue weighted by Gasteiger charge is 2.07. The number of likely N-dealkylation sites (N-methyl/N-ethyl adjacent to an activating group) is 1. The van der Waals surface area contributed by atoms with Crippen molar-refractivity contribution in [2.24, 2.45) is 0 Å². The molecule has 0 spiro atoms. The van der Waals surface area contributed by atoms with Crippen LogP contribution in [0, 0.1) is 0 Å². The Hall–Kier alpha value is -2.21. The maximum Gasteiger partial charge on any atom is 0.244 e. The SMILES string of the molecule is CC(C)c1ccccc1Nc1cnnc(NCCN(C)C)n1. The number of aromatic nitrogens is 3. The monoisotopic (exact) mass is 300 g/mol. The normalized spacial score (nSPS) is 11.0. The van der Waals surface area contributed by atoms with E-state index in [9.17, 15) is 0 Å². The van der Waals surface area contributed by atoms with Gasteiger partial charge >= 0.3 is 0 Å². The van der Waals surface area contributed by atoms with E-state index in [1.807, 2.05) is 26.2 Å². The maximum atomic E-state index is 4.45. The summed E-state index contributed by atoms with van der Waals surface area (Å²) in [5, 5.41) is 14.5. The van der Waals surface area contributed by atoms with E-state index in [2.05, 4.69) is 56.7 Å². The van der Waals surface area contributed by atoms with Crippen molar-refractivity contribution in [3.05, 3.63) is 36.0 Å². The standard InChI is InChI=1S/C16H24N6/c1-12(2)13-7-5-6-8-14(13)19-15-11-18-21-16(20-15)17-9-10-22(3)4/h5-8,11-12H,9-10H2,1-4H3,(H2,17,19,20,21). The van der Waals surface area contributed by atoms with Crippen LogP contribution in [0.1, 0.15) is 25.3 Å². The Morgan fingerprint density at radius 3 is 2.68 bits per heavy atom. The summed E-state index contributed by atoms with van der Waals surface area (Å²) in [6, 6.07) is 8.24. The fourth-order valence-electron chi connectivity index (χ4n) is 2.08. The second-order valence-corrected chi connectivity index (χ2v) is 5.76. The van der Waals surface area contributed by atoms with Gasteiger partial charge in [0.25, 0.3) is 0 Å². The quantitative estimate of drug-likeness (QED) is 0.819. The van der Waals surface area contributed by atoms with E-state index in [1.54, 1.807) is 6.20 Å². The van der Waals surface area contributed by atoms with Crippen molar-refractivity contribution in [1.29, 1.82) is 0 Å². The van der Waals surface area contributed by atoms with E-state index in [4.69, 9.17) is 0 Å². The zero-order valence-corrected chi connectivity index (χ0v) is 13.7. The Morgan fingerprint density at radius 2 is 1.95 bits per heavy atom. The van der Waals surface area contributed by atoms with E-state index in [0.717, 1.165) is 18.8 Å². The predicted octanol–water partition coefficient (Wildman–Crippen LogP) is 2.71. The molecule has 0 aliphatic heterocycles. The van der Waals surface area contributed by atoms with E-state index in [-0.39, 0.29) is 0 Å². The fraction of sp³-hybridized carbons (Fsp3) is 0.438. The topological polar surface area (TPSA) is 66.0 Å². The number of benzene rings is 1. The fourth-order valence-corrected chi connectivity index (χ4v) is 2.08. The number of para-hydroxylation sites is 1. The molecule has 2 aromatic rings. The van der Waals surface area contributed by atoms with Crippen molar-refractivity contribution in [2.75, 3.05) is 37.8 Å².